The zero-order chi connectivity index (χ0) is 13.8. The third kappa shape index (κ3) is 2.93. The minimum Gasteiger partial charge on any atom is -0.478 e. The van der Waals surface area contributed by atoms with Gasteiger partial charge in [0.2, 0.25) is 5.91 Å². The van der Waals surface area contributed by atoms with Crippen molar-refractivity contribution in [2.24, 2.45) is 5.92 Å². The van der Waals surface area contributed by atoms with E-state index in [-0.39, 0.29) is 17.4 Å². The fourth-order valence-electron chi connectivity index (χ4n) is 2.41. The number of rotatable bonds is 3. The Kier molecular flexibility index (Phi) is 4.16. The van der Waals surface area contributed by atoms with Gasteiger partial charge in [-0.3, -0.25) is 4.79 Å². The molecular formula is C14H18N2O3. The molecule has 0 aromatic heterocycles. The molecule has 0 bridgehead atoms. The average molecular weight is 262 g/mol. The zero-order valence-corrected chi connectivity index (χ0v) is 10.9. The highest BCUT2D eigenvalue weighted by Crippen LogP contribution is 2.23. The number of para-hydroxylation sites is 1. The maximum Gasteiger partial charge on any atom is 0.337 e. The predicted octanol–water partition coefficient (Wildman–Crippen LogP) is 1.35. The molecule has 0 unspecified atom stereocenters. The summed E-state index contributed by atoms with van der Waals surface area (Å²) in [7, 11) is 1.64. The Morgan fingerprint density at radius 3 is 2.53 bits per heavy atom. The standard InChI is InChI=1S/C14H18N2O3/c1-16(13(17)10-6-8-15-9-7-10)12-5-3-2-4-11(12)14(18)19/h2-5,10,15H,6-9H2,1H3,(H,18,19). The highest BCUT2D eigenvalue weighted by Gasteiger charge is 2.26. The number of piperidine rings is 1. The number of benzene rings is 1. The fraction of sp³-hybridized carbons (Fsp3) is 0.429. The molecule has 0 spiro atoms. The number of carbonyl (C=O) groups is 2. The molecule has 1 fully saturated rings. The second kappa shape index (κ2) is 5.84. The SMILES string of the molecule is CN(C(=O)C1CCNCC1)c1ccccc1C(=O)O. The molecule has 1 aliphatic heterocycles. The molecule has 1 heterocycles. The molecule has 1 saturated heterocycles. The Bertz CT molecular complexity index is 481. The molecule has 1 aromatic carbocycles. The first-order valence-corrected chi connectivity index (χ1v) is 6.42. The number of carboxylic acids is 1. The number of carboxylic acid groups (broad SMARTS) is 1. The summed E-state index contributed by atoms with van der Waals surface area (Å²) in [6.45, 7) is 1.68. The minimum absolute atomic E-state index is 0.00444. The van der Waals surface area contributed by atoms with E-state index in [1.807, 2.05) is 0 Å². The first-order chi connectivity index (χ1) is 9.11. The van der Waals surface area contributed by atoms with Crippen molar-refractivity contribution in [1.82, 2.24) is 5.32 Å². The normalized spacial score (nSPS) is 16.1. The highest BCUT2D eigenvalue weighted by atomic mass is 16.4. The Hall–Kier alpha value is -1.88. The number of aromatic carboxylic acids is 1. The van der Waals surface area contributed by atoms with Crippen molar-refractivity contribution in [3.05, 3.63) is 29.8 Å². The van der Waals surface area contributed by atoms with Gasteiger partial charge in [-0.1, -0.05) is 12.1 Å². The second-order valence-electron chi connectivity index (χ2n) is 4.74. The van der Waals surface area contributed by atoms with Gasteiger partial charge >= 0.3 is 5.97 Å². The minimum atomic E-state index is -1.01. The first kappa shape index (κ1) is 13.5. The summed E-state index contributed by atoms with van der Waals surface area (Å²) < 4.78 is 0. The number of amides is 1. The van der Waals surface area contributed by atoms with Gasteiger partial charge in [-0.05, 0) is 38.1 Å². The zero-order valence-electron chi connectivity index (χ0n) is 10.9. The molecule has 1 aromatic rings. The van der Waals surface area contributed by atoms with Crippen LogP contribution in [0.5, 0.6) is 0 Å². The van der Waals surface area contributed by atoms with Gasteiger partial charge in [0.15, 0.2) is 0 Å². The summed E-state index contributed by atoms with van der Waals surface area (Å²) in [6, 6.07) is 6.59. The van der Waals surface area contributed by atoms with Crippen LogP contribution < -0.4 is 10.2 Å². The van der Waals surface area contributed by atoms with Gasteiger partial charge in [-0.25, -0.2) is 4.79 Å². The van der Waals surface area contributed by atoms with E-state index < -0.39 is 5.97 Å². The van der Waals surface area contributed by atoms with Crippen LogP contribution in [0.25, 0.3) is 0 Å². The third-order valence-corrected chi connectivity index (χ3v) is 3.51. The van der Waals surface area contributed by atoms with Crippen LogP contribution in [-0.2, 0) is 4.79 Å². The van der Waals surface area contributed by atoms with E-state index in [0.29, 0.717) is 5.69 Å². The highest BCUT2D eigenvalue weighted by molar-refractivity contribution is 6.02. The monoisotopic (exact) mass is 262 g/mol. The van der Waals surface area contributed by atoms with E-state index >= 15 is 0 Å². The van der Waals surface area contributed by atoms with Gasteiger partial charge < -0.3 is 15.3 Å². The molecule has 19 heavy (non-hydrogen) atoms. The molecule has 1 amide bonds. The molecule has 2 N–H and O–H groups in total. The summed E-state index contributed by atoms with van der Waals surface area (Å²) in [4.78, 5) is 25.0. The van der Waals surface area contributed by atoms with E-state index in [0.717, 1.165) is 25.9 Å². The van der Waals surface area contributed by atoms with Crippen molar-refractivity contribution in [2.75, 3.05) is 25.0 Å². The molecule has 102 valence electrons. The average Bonchev–Trinajstić information content (AvgIpc) is 2.46. The van der Waals surface area contributed by atoms with E-state index in [1.165, 1.54) is 11.0 Å². The largest absolute Gasteiger partial charge is 0.478 e. The second-order valence-corrected chi connectivity index (χ2v) is 4.74. The lowest BCUT2D eigenvalue weighted by Gasteiger charge is -2.27. The number of nitrogens with one attached hydrogen (secondary N) is 1. The van der Waals surface area contributed by atoms with E-state index in [1.54, 1.807) is 25.2 Å². The van der Waals surface area contributed by atoms with Crippen molar-refractivity contribution in [3.8, 4) is 0 Å². The van der Waals surface area contributed by atoms with Gasteiger partial charge in [-0.15, -0.1) is 0 Å². The molecule has 1 aliphatic rings. The van der Waals surface area contributed by atoms with Gasteiger partial charge in [0, 0.05) is 13.0 Å². The lowest BCUT2D eigenvalue weighted by Crippen LogP contribution is -2.39. The van der Waals surface area contributed by atoms with Crippen molar-refractivity contribution in [2.45, 2.75) is 12.8 Å². The first-order valence-electron chi connectivity index (χ1n) is 6.42. The number of anilines is 1. The molecule has 0 aliphatic carbocycles. The number of hydrogen-bond donors (Lipinski definition) is 2. The number of carbonyl (C=O) groups excluding carboxylic acids is 1. The van der Waals surface area contributed by atoms with Crippen LogP contribution in [0.1, 0.15) is 23.2 Å². The van der Waals surface area contributed by atoms with Crippen LogP contribution in [0.15, 0.2) is 24.3 Å². The molecular weight excluding hydrogens is 244 g/mol. The lowest BCUT2D eigenvalue weighted by atomic mass is 9.96. The molecule has 5 heteroatoms. The quantitative estimate of drug-likeness (QED) is 0.862. The van der Waals surface area contributed by atoms with Gasteiger partial charge in [-0.2, -0.15) is 0 Å². The Morgan fingerprint density at radius 1 is 1.26 bits per heavy atom. The molecule has 0 saturated carbocycles. The van der Waals surface area contributed by atoms with Crippen molar-refractivity contribution in [1.29, 1.82) is 0 Å². The number of hydrogen-bond acceptors (Lipinski definition) is 3. The Labute approximate surface area is 112 Å². The lowest BCUT2D eigenvalue weighted by molar-refractivity contribution is -0.122. The van der Waals surface area contributed by atoms with Crippen molar-refractivity contribution < 1.29 is 14.7 Å². The molecule has 0 atom stereocenters. The van der Waals surface area contributed by atoms with Crippen molar-refractivity contribution >= 4 is 17.6 Å². The van der Waals surface area contributed by atoms with Crippen LogP contribution in [-0.4, -0.2) is 37.1 Å². The maximum atomic E-state index is 12.4. The topological polar surface area (TPSA) is 69.6 Å². The number of nitrogens with zero attached hydrogens (tertiary/aromatic N) is 1. The summed E-state index contributed by atoms with van der Waals surface area (Å²) in [5.74, 6) is -1.04. The Morgan fingerprint density at radius 2 is 1.89 bits per heavy atom. The van der Waals surface area contributed by atoms with Crippen LogP contribution in [0.4, 0.5) is 5.69 Å². The van der Waals surface area contributed by atoms with Gasteiger partial charge in [0.05, 0.1) is 11.3 Å². The predicted molar refractivity (Wildman–Crippen MR) is 72.4 cm³/mol. The van der Waals surface area contributed by atoms with Crippen LogP contribution in [0.3, 0.4) is 0 Å². The summed E-state index contributed by atoms with van der Waals surface area (Å²) in [5.41, 5.74) is 0.616. The van der Waals surface area contributed by atoms with Crippen LogP contribution in [0.2, 0.25) is 0 Å². The van der Waals surface area contributed by atoms with Crippen LogP contribution in [0, 0.1) is 5.92 Å². The van der Waals surface area contributed by atoms with E-state index in [4.69, 9.17) is 5.11 Å². The van der Waals surface area contributed by atoms with Crippen molar-refractivity contribution in [3.63, 3.8) is 0 Å². The van der Waals surface area contributed by atoms with E-state index in [9.17, 15) is 9.59 Å². The summed E-state index contributed by atoms with van der Waals surface area (Å²) in [5, 5.41) is 12.4. The molecule has 0 radical (unpaired) electrons. The smallest absolute Gasteiger partial charge is 0.337 e. The molecule has 5 nitrogen and oxygen atoms in total. The summed E-state index contributed by atoms with van der Waals surface area (Å²) in [6.07, 6.45) is 1.61. The summed E-state index contributed by atoms with van der Waals surface area (Å²) >= 11 is 0. The van der Waals surface area contributed by atoms with E-state index in [2.05, 4.69) is 5.32 Å². The van der Waals surface area contributed by atoms with Crippen LogP contribution >= 0.6 is 0 Å². The fourth-order valence-corrected chi connectivity index (χ4v) is 2.41. The third-order valence-electron chi connectivity index (χ3n) is 3.51. The maximum absolute atomic E-state index is 12.4. The molecule has 2 rings (SSSR count). The van der Waals surface area contributed by atoms with Gasteiger partial charge in [0.1, 0.15) is 0 Å². The Balaban J connectivity index is 2.21. The van der Waals surface area contributed by atoms with Gasteiger partial charge in [0.25, 0.3) is 0 Å².